The number of anilines is 1. The molecule has 4 rings (SSSR count). The zero-order valence-electron chi connectivity index (χ0n) is 15.4. The van der Waals surface area contributed by atoms with Gasteiger partial charge >= 0.3 is 5.97 Å². The van der Waals surface area contributed by atoms with Crippen LogP contribution in [0.15, 0.2) is 36.4 Å². The Morgan fingerprint density at radius 1 is 1.18 bits per heavy atom. The molecule has 0 amide bonds. The van der Waals surface area contributed by atoms with Crippen LogP contribution in [0.4, 0.5) is 5.82 Å². The van der Waals surface area contributed by atoms with Crippen LogP contribution in [0.5, 0.6) is 0 Å². The van der Waals surface area contributed by atoms with Crippen LogP contribution < -0.4 is 5.32 Å². The Morgan fingerprint density at radius 2 is 1.93 bits per heavy atom. The average molecular weight is 416 g/mol. The van der Waals surface area contributed by atoms with Crippen LogP contribution in [0.3, 0.4) is 0 Å². The van der Waals surface area contributed by atoms with Crippen molar-refractivity contribution in [2.24, 2.45) is 5.92 Å². The number of carboxylic acids is 1. The molecule has 0 atom stereocenters. The molecular weight excluding hydrogens is 394 g/mol. The average Bonchev–Trinajstić information content (AvgIpc) is 3.09. The number of carbonyl (C=O) groups is 1. The third-order valence-corrected chi connectivity index (χ3v) is 6.53. The summed E-state index contributed by atoms with van der Waals surface area (Å²) in [7, 11) is 0. The number of benzene rings is 1. The number of nitrogens with one attached hydrogen (secondary N) is 1. The highest BCUT2D eigenvalue weighted by molar-refractivity contribution is 7.22. The molecule has 2 heterocycles. The highest BCUT2D eigenvalue weighted by Crippen LogP contribution is 2.38. The molecule has 0 radical (unpaired) electrons. The first-order valence-electron chi connectivity index (χ1n) is 9.57. The Labute approximate surface area is 172 Å². The number of fused-ring (bicyclic) bond motifs is 1. The van der Waals surface area contributed by atoms with Gasteiger partial charge in [0.1, 0.15) is 16.5 Å². The summed E-state index contributed by atoms with van der Waals surface area (Å²) in [6.45, 7) is 0.773. The third-order valence-electron chi connectivity index (χ3n) is 5.37. The molecule has 1 aliphatic carbocycles. The van der Waals surface area contributed by atoms with E-state index in [1.807, 2.05) is 24.3 Å². The van der Waals surface area contributed by atoms with Crippen LogP contribution in [0.25, 0.3) is 10.2 Å². The van der Waals surface area contributed by atoms with Crippen molar-refractivity contribution in [1.82, 2.24) is 9.97 Å². The maximum absolute atomic E-state index is 11.2. The van der Waals surface area contributed by atoms with Crippen molar-refractivity contribution in [1.29, 1.82) is 0 Å². The van der Waals surface area contributed by atoms with E-state index in [0.717, 1.165) is 47.7 Å². The van der Waals surface area contributed by atoms with E-state index in [4.69, 9.17) is 21.6 Å². The van der Waals surface area contributed by atoms with Crippen molar-refractivity contribution in [2.75, 3.05) is 11.9 Å². The van der Waals surface area contributed by atoms with Crippen molar-refractivity contribution in [3.8, 4) is 0 Å². The minimum Gasteiger partial charge on any atom is -0.481 e. The van der Waals surface area contributed by atoms with E-state index in [9.17, 15) is 9.90 Å². The first kappa shape index (κ1) is 19.2. The second-order valence-electron chi connectivity index (χ2n) is 7.25. The van der Waals surface area contributed by atoms with Gasteiger partial charge in [0.15, 0.2) is 0 Å². The van der Waals surface area contributed by atoms with Gasteiger partial charge in [-0.25, -0.2) is 9.97 Å². The highest BCUT2D eigenvalue weighted by Gasteiger charge is 2.29. The van der Waals surface area contributed by atoms with E-state index in [2.05, 4.69) is 17.4 Å². The van der Waals surface area contributed by atoms with Gasteiger partial charge in [-0.3, -0.25) is 4.79 Å². The van der Waals surface area contributed by atoms with Crippen LogP contribution in [0, 0.1) is 5.92 Å². The van der Waals surface area contributed by atoms with E-state index in [1.165, 1.54) is 16.9 Å². The van der Waals surface area contributed by atoms with Gasteiger partial charge < -0.3 is 10.4 Å². The molecule has 0 saturated heterocycles. The fourth-order valence-corrected chi connectivity index (χ4v) is 4.89. The lowest BCUT2D eigenvalue weighted by atomic mass is 9.81. The summed E-state index contributed by atoms with van der Waals surface area (Å²) in [5.74, 6) is 0.898. The summed E-state index contributed by atoms with van der Waals surface area (Å²) >= 11 is 7.69. The zero-order chi connectivity index (χ0) is 19.5. The quantitative estimate of drug-likeness (QED) is 0.567. The molecule has 0 spiro atoms. The Balaban J connectivity index is 1.53. The van der Waals surface area contributed by atoms with E-state index < -0.39 is 5.97 Å². The standard InChI is InChI=1S/C21H22ClN3O2S/c22-17-12-16-19(23-11-10-13-4-2-1-3-5-13)24-18(25-20(16)28-17)14-6-8-15(9-7-14)21(26)27/h1-5,12,14-15H,6-11H2,(H,26,27)(H,23,24,25). The number of aliphatic carboxylic acids is 1. The maximum Gasteiger partial charge on any atom is 0.306 e. The fraction of sp³-hybridized carbons (Fsp3) is 0.381. The number of hydrogen-bond acceptors (Lipinski definition) is 5. The van der Waals surface area contributed by atoms with Gasteiger partial charge in [-0.05, 0) is 43.7 Å². The van der Waals surface area contributed by atoms with E-state index in [0.29, 0.717) is 17.2 Å². The number of nitrogens with zero attached hydrogens (tertiary/aromatic N) is 2. The topological polar surface area (TPSA) is 75.1 Å². The number of aromatic nitrogens is 2. The van der Waals surface area contributed by atoms with Crippen molar-refractivity contribution in [3.05, 3.63) is 52.1 Å². The van der Waals surface area contributed by atoms with Gasteiger partial charge in [-0.15, -0.1) is 11.3 Å². The monoisotopic (exact) mass is 415 g/mol. The smallest absolute Gasteiger partial charge is 0.306 e. The highest BCUT2D eigenvalue weighted by atomic mass is 35.5. The summed E-state index contributed by atoms with van der Waals surface area (Å²) in [6.07, 6.45) is 3.89. The lowest BCUT2D eigenvalue weighted by molar-refractivity contribution is -0.142. The molecule has 1 aliphatic rings. The van der Waals surface area contributed by atoms with Crippen LogP contribution in [-0.4, -0.2) is 27.6 Å². The Kier molecular flexibility index (Phi) is 5.78. The van der Waals surface area contributed by atoms with Crippen LogP contribution in [-0.2, 0) is 11.2 Å². The first-order valence-corrected chi connectivity index (χ1v) is 10.8. The Bertz CT molecular complexity index is 968. The molecule has 0 unspecified atom stereocenters. The predicted octanol–water partition coefficient (Wildman–Crippen LogP) is 5.36. The molecule has 0 aliphatic heterocycles. The van der Waals surface area contributed by atoms with E-state index in [1.54, 1.807) is 0 Å². The second kappa shape index (κ2) is 8.45. The number of carboxylic acid groups (broad SMARTS) is 1. The molecule has 3 aromatic rings. The number of halogens is 1. The summed E-state index contributed by atoms with van der Waals surface area (Å²) in [6, 6.07) is 12.3. The molecule has 2 aromatic heterocycles. The van der Waals surface area contributed by atoms with Gasteiger partial charge in [0, 0.05) is 12.5 Å². The van der Waals surface area contributed by atoms with Gasteiger partial charge in [0.25, 0.3) is 0 Å². The van der Waals surface area contributed by atoms with Crippen LogP contribution in [0.1, 0.15) is 43.0 Å². The van der Waals surface area contributed by atoms with Crippen LogP contribution in [0.2, 0.25) is 4.34 Å². The van der Waals surface area contributed by atoms with Crippen molar-refractivity contribution in [2.45, 2.75) is 38.0 Å². The minimum absolute atomic E-state index is 0.204. The van der Waals surface area contributed by atoms with E-state index in [-0.39, 0.29) is 11.8 Å². The van der Waals surface area contributed by atoms with Gasteiger partial charge in [0.05, 0.1) is 15.6 Å². The summed E-state index contributed by atoms with van der Waals surface area (Å²) < 4.78 is 0.696. The molecule has 5 nitrogen and oxygen atoms in total. The molecule has 1 saturated carbocycles. The van der Waals surface area contributed by atoms with Gasteiger partial charge in [-0.2, -0.15) is 0 Å². The van der Waals surface area contributed by atoms with Crippen molar-refractivity contribution >= 4 is 44.9 Å². The third kappa shape index (κ3) is 4.28. The molecule has 7 heteroatoms. The molecule has 1 aromatic carbocycles. The fourth-order valence-electron chi connectivity index (χ4n) is 3.79. The Hall–Kier alpha value is -2.18. The lowest BCUT2D eigenvalue weighted by Gasteiger charge is -2.25. The Morgan fingerprint density at radius 3 is 2.64 bits per heavy atom. The molecule has 146 valence electrons. The normalized spacial score (nSPS) is 19.6. The van der Waals surface area contributed by atoms with Gasteiger partial charge in [0.2, 0.25) is 0 Å². The van der Waals surface area contributed by atoms with Gasteiger partial charge in [-0.1, -0.05) is 41.9 Å². The molecule has 28 heavy (non-hydrogen) atoms. The van der Waals surface area contributed by atoms with Crippen molar-refractivity contribution < 1.29 is 9.90 Å². The summed E-state index contributed by atoms with van der Waals surface area (Å²) in [4.78, 5) is 21.7. The summed E-state index contributed by atoms with van der Waals surface area (Å²) in [5, 5.41) is 13.6. The first-order chi connectivity index (χ1) is 13.6. The molecule has 1 fully saturated rings. The maximum atomic E-state index is 11.2. The minimum atomic E-state index is -0.692. The molecular formula is C21H22ClN3O2S. The number of hydrogen-bond donors (Lipinski definition) is 2. The summed E-state index contributed by atoms with van der Waals surface area (Å²) in [5.41, 5.74) is 1.27. The number of thiophene rings is 1. The largest absolute Gasteiger partial charge is 0.481 e. The second-order valence-corrected chi connectivity index (χ2v) is 8.91. The van der Waals surface area contributed by atoms with E-state index >= 15 is 0 Å². The zero-order valence-corrected chi connectivity index (χ0v) is 17.0. The predicted molar refractivity (Wildman–Crippen MR) is 113 cm³/mol. The number of rotatable bonds is 6. The lowest BCUT2D eigenvalue weighted by Crippen LogP contribution is -2.21. The molecule has 2 N–H and O–H groups in total. The van der Waals surface area contributed by atoms with Crippen LogP contribution >= 0.6 is 22.9 Å². The molecule has 0 bridgehead atoms. The van der Waals surface area contributed by atoms with Crippen molar-refractivity contribution in [3.63, 3.8) is 0 Å². The SMILES string of the molecule is O=C(O)C1CCC(c2nc(NCCc3ccccc3)c3cc(Cl)sc3n2)CC1.